The lowest BCUT2D eigenvalue weighted by Gasteiger charge is -2.52. The number of carbonyl (C=O) groups excluding carboxylic acids is 1. The molecule has 0 aromatic heterocycles. The first-order valence-corrected chi connectivity index (χ1v) is 7.54. The van der Waals surface area contributed by atoms with Crippen LogP contribution in [0.4, 0.5) is 0 Å². The van der Waals surface area contributed by atoms with Crippen LogP contribution >= 0.6 is 0 Å². The van der Waals surface area contributed by atoms with Gasteiger partial charge in [0.05, 0.1) is 31.6 Å². The van der Waals surface area contributed by atoms with Gasteiger partial charge < -0.3 is 14.7 Å². The van der Waals surface area contributed by atoms with E-state index >= 15 is 0 Å². The lowest BCUT2D eigenvalue weighted by Crippen LogP contribution is -2.65. The van der Waals surface area contributed by atoms with Crippen LogP contribution in [0.3, 0.4) is 0 Å². The number of methoxy groups -OCH3 is 1. The average Bonchev–Trinajstić information content (AvgIpc) is 2.60. The molecule has 1 aromatic rings. The minimum absolute atomic E-state index is 0.0881. The molecule has 5 nitrogen and oxygen atoms in total. The number of carbonyl (C=O) groups is 1. The lowest BCUT2D eigenvalue weighted by molar-refractivity contribution is -0.130. The molecule has 0 spiro atoms. The summed E-state index contributed by atoms with van der Waals surface area (Å²) in [5.41, 5.74) is -1.27. The molecule has 3 rings (SSSR count). The normalized spacial score (nSPS) is 31.4. The molecule has 1 N–H and O–H groups in total. The molecule has 0 saturated heterocycles. The fourth-order valence-electron chi connectivity index (χ4n) is 3.54. The number of benzene rings is 1. The van der Waals surface area contributed by atoms with E-state index in [0.717, 1.165) is 5.56 Å². The van der Waals surface area contributed by atoms with Gasteiger partial charge in [-0.25, -0.2) is 11.4 Å². The van der Waals surface area contributed by atoms with Crippen molar-refractivity contribution in [2.75, 3.05) is 7.11 Å². The van der Waals surface area contributed by atoms with Crippen LogP contribution < -0.4 is 4.74 Å². The first-order chi connectivity index (χ1) is 11.5. The molecule has 1 aromatic carbocycles. The maximum Gasteiger partial charge on any atom is 0.280 e. The summed E-state index contributed by atoms with van der Waals surface area (Å²) in [4.78, 5) is 19.0. The third kappa shape index (κ3) is 2.31. The SMILES string of the molecule is [C-]#[N+]C(=Cc1ccc(OC)cc1)C1([N+]#[C-])CC2(O)C=CC(=O)CC21. The zero-order valence-electron chi connectivity index (χ0n) is 13.2. The van der Waals surface area contributed by atoms with Crippen LogP contribution in [-0.4, -0.2) is 29.1 Å². The van der Waals surface area contributed by atoms with Gasteiger partial charge in [0.1, 0.15) is 5.75 Å². The molecule has 0 radical (unpaired) electrons. The zero-order chi connectivity index (χ0) is 17.4. The number of ketones is 1. The highest BCUT2D eigenvalue weighted by molar-refractivity contribution is 5.92. The van der Waals surface area contributed by atoms with E-state index in [4.69, 9.17) is 17.9 Å². The van der Waals surface area contributed by atoms with Crippen molar-refractivity contribution in [3.63, 3.8) is 0 Å². The summed E-state index contributed by atoms with van der Waals surface area (Å²) in [6.07, 6.45) is 4.73. The maximum atomic E-state index is 11.7. The van der Waals surface area contributed by atoms with Crippen LogP contribution in [0.2, 0.25) is 0 Å². The van der Waals surface area contributed by atoms with E-state index in [1.54, 1.807) is 37.5 Å². The Bertz CT molecular complexity index is 826. The molecule has 0 heterocycles. The van der Waals surface area contributed by atoms with Crippen LogP contribution in [0.1, 0.15) is 18.4 Å². The van der Waals surface area contributed by atoms with E-state index in [2.05, 4.69) is 9.69 Å². The predicted octanol–water partition coefficient (Wildman–Crippen LogP) is 2.89. The van der Waals surface area contributed by atoms with Gasteiger partial charge in [-0.2, -0.15) is 0 Å². The number of fused-ring (bicyclic) bond motifs is 1. The summed E-state index contributed by atoms with van der Waals surface area (Å²) in [5.74, 6) is 0.0159. The van der Waals surface area contributed by atoms with E-state index in [9.17, 15) is 9.90 Å². The monoisotopic (exact) mass is 320 g/mol. The molecule has 24 heavy (non-hydrogen) atoms. The lowest BCUT2D eigenvalue weighted by atomic mass is 9.51. The topological polar surface area (TPSA) is 55.2 Å². The summed E-state index contributed by atoms with van der Waals surface area (Å²) in [5, 5.41) is 10.6. The predicted molar refractivity (Wildman–Crippen MR) is 88.7 cm³/mol. The number of aliphatic hydroxyl groups is 1. The summed E-state index contributed by atoms with van der Waals surface area (Å²) in [7, 11) is 1.58. The van der Waals surface area contributed by atoms with E-state index < -0.39 is 17.1 Å². The fourth-order valence-corrected chi connectivity index (χ4v) is 3.54. The Morgan fingerprint density at radius 1 is 1.38 bits per heavy atom. The second-order valence-corrected chi connectivity index (χ2v) is 6.17. The van der Waals surface area contributed by atoms with Gasteiger partial charge >= 0.3 is 0 Å². The molecule has 0 bridgehead atoms. The second-order valence-electron chi connectivity index (χ2n) is 6.17. The molecule has 120 valence electrons. The van der Waals surface area contributed by atoms with Gasteiger partial charge in [-0.1, -0.05) is 12.1 Å². The number of allylic oxidation sites excluding steroid dienone is 1. The Morgan fingerprint density at radius 2 is 2.08 bits per heavy atom. The highest BCUT2D eigenvalue weighted by Crippen LogP contribution is 2.58. The number of rotatable bonds is 3. The van der Waals surface area contributed by atoms with Crippen molar-refractivity contribution in [3.8, 4) is 5.75 Å². The highest BCUT2D eigenvalue weighted by atomic mass is 16.5. The smallest absolute Gasteiger partial charge is 0.280 e. The summed E-state index contributed by atoms with van der Waals surface area (Å²) < 4.78 is 5.11. The van der Waals surface area contributed by atoms with Gasteiger partial charge in [0, 0.05) is 6.42 Å². The molecule has 0 aliphatic heterocycles. The Labute approximate surface area is 140 Å². The average molecular weight is 320 g/mol. The summed E-state index contributed by atoms with van der Waals surface area (Å²) in [6.45, 7) is 15.1. The number of nitrogens with zero attached hydrogens (tertiary/aromatic N) is 2. The van der Waals surface area contributed by atoms with Crippen LogP contribution in [0.5, 0.6) is 5.75 Å². The molecule has 1 saturated carbocycles. The van der Waals surface area contributed by atoms with Gasteiger partial charge in [0.2, 0.25) is 5.70 Å². The van der Waals surface area contributed by atoms with Gasteiger partial charge in [-0.3, -0.25) is 4.79 Å². The third-order valence-corrected chi connectivity index (χ3v) is 4.88. The zero-order valence-corrected chi connectivity index (χ0v) is 13.2. The Morgan fingerprint density at radius 3 is 2.67 bits per heavy atom. The molecule has 2 aliphatic carbocycles. The van der Waals surface area contributed by atoms with Crippen molar-refractivity contribution in [1.29, 1.82) is 0 Å². The molecular weight excluding hydrogens is 304 g/mol. The highest BCUT2D eigenvalue weighted by Gasteiger charge is 2.71. The minimum Gasteiger partial charge on any atom is -0.497 e. The van der Waals surface area contributed by atoms with Gasteiger partial charge in [0.15, 0.2) is 5.78 Å². The van der Waals surface area contributed by atoms with Crippen molar-refractivity contribution in [3.05, 3.63) is 70.5 Å². The van der Waals surface area contributed by atoms with Crippen molar-refractivity contribution >= 4 is 11.9 Å². The van der Waals surface area contributed by atoms with Crippen LogP contribution in [0.15, 0.2) is 42.1 Å². The van der Waals surface area contributed by atoms with E-state index in [1.165, 1.54) is 12.2 Å². The van der Waals surface area contributed by atoms with Crippen molar-refractivity contribution in [2.45, 2.75) is 24.0 Å². The van der Waals surface area contributed by atoms with E-state index in [-0.39, 0.29) is 24.3 Å². The largest absolute Gasteiger partial charge is 0.497 e. The van der Waals surface area contributed by atoms with Gasteiger partial charge in [0.25, 0.3) is 5.54 Å². The van der Waals surface area contributed by atoms with E-state index in [0.29, 0.717) is 5.75 Å². The van der Waals surface area contributed by atoms with Gasteiger partial charge in [-0.05, 0) is 35.9 Å². The second kappa shape index (κ2) is 5.63. The third-order valence-electron chi connectivity index (χ3n) is 4.88. The molecular formula is C19H16N2O3. The Balaban J connectivity index is 1.99. The van der Waals surface area contributed by atoms with Crippen LogP contribution in [-0.2, 0) is 4.79 Å². The van der Waals surface area contributed by atoms with Crippen molar-refractivity contribution in [1.82, 2.24) is 0 Å². The minimum atomic E-state index is -1.16. The molecule has 3 unspecified atom stereocenters. The summed E-state index contributed by atoms with van der Waals surface area (Å²) in [6, 6.07) is 7.17. The maximum absolute atomic E-state index is 11.7. The first-order valence-electron chi connectivity index (χ1n) is 7.54. The molecule has 0 amide bonds. The molecule has 3 atom stereocenters. The van der Waals surface area contributed by atoms with Crippen LogP contribution in [0, 0.1) is 19.1 Å². The molecule has 5 heteroatoms. The summed E-state index contributed by atoms with van der Waals surface area (Å²) >= 11 is 0. The molecule has 1 fully saturated rings. The standard InChI is InChI=1S/C19H16N2O3/c1-20-17(10-13-4-6-15(24-3)7-5-13)19(21-2)12-18(23)9-8-14(22)11-16(18)19/h4-10,16,23H,11-12H2,3H3. The number of ether oxygens (including phenoxy) is 1. The Kier molecular flexibility index (Phi) is 3.75. The van der Waals surface area contributed by atoms with Crippen molar-refractivity contribution < 1.29 is 14.6 Å². The number of hydrogen-bond donors (Lipinski definition) is 1. The first kappa shape index (κ1) is 16.0. The van der Waals surface area contributed by atoms with E-state index in [1.807, 2.05) is 0 Å². The molecule has 2 aliphatic rings. The van der Waals surface area contributed by atoms with Gasteiger partial charge in [-0.15, -0.1) is 0 Å². The van der Waals surface area contributed by atoms with Crippen LogP contribution in [0.25, 0.3) is 15.8 Å². The fraction of sp³-hybridized carbons (Fsp3) is 0.316. The quantitative estimate of drug-likeness (QED) is 0.871. The van der Waals surface area contributed by atoms with Crippen molar-refractivity contribution in [2.24, 2.45) is 5.92 Å². The Hall–Kier alpha value is -2.89. The number of hydrogen-bond acceptors (Lipinski definition) is 3.